The van der Waals surface area contributed by atoms with E-state index in [2.05, 4.69) is 10.1 Å². The molecule has 2 aromatic carbocycles. The number of amides is 2. The lowest BCUT2D eigenvalue weighted by molar-refractivity contribution is -0.146. The van der Waals surface area contributed by atoms with Gasteiger partial charge in [0.1, 0.15) is 0 Å². The van der Waals surface area contributed by atoms with Crippen molar-refractivity contribution in [3.8, 4) is 0 Å². The van der Waals surface area contributed by atoms with Crippen LogP contribution in [0.2, 0.25) is 5.02 Å². The van der Waals surface area contributed by atoms with Gasteiger partial charge in [0.05, 0.1) is 22.7 Å². The quantitative estimate of drug-likeness (QED) is 0.200. The highest BCUT2D eigenvalue weighted by molar-refractivity contribution is 7.99. The van der Waals surface area contributed by atoms with Crippen molar-refractivity contribution in [2.24, 2.45) is 5.73 Å². The van der Waals surface area contributed by atoms with E-state index in [9.17, 15) is 44.7 Å². The Morgan fingerprint density at radius 1 is 1.07 bits per heavy atom. The molecule has 0 unspecified atom stereocenters. The second-order valence-electron chi connectivity index (χ2n) is 9.60. The van der Waals surface area contributed by atoms with Crippen LogP contribution in [0.25, 0.3) is 0 Å². The molecule has 1 heterocycles. The highest BCUT2D eigenvalue weighted by Crippen LogP contribution is 2.38. The molecule has 0 aliphatic rings. The minimum Gasteiger partial charge on any atom is -0.366 e. The first-order chi connectivity index (χ1) is 20.4. The average molecular weight is 672 g/mol. The maximum Gasteiger partial charge on any atom is 0.367 e. The smallest absolute Gasteiger partial charge is 0.366 e. The Morgan fingerprint density at radius 3 is 2.25 bits per heavy atom. The Bertz CT molecular complexity index is 1520. The molecule has 0 saturated heterocycles. The van der Waals surface area contributed by atoms with Gasteiger partial charge in [-0.05, 0) is 48.9 Å². The standard InChI is InChI=1S/C27H26ClF8N5O2S/c1-4-44-12-14(3)41(21(43)19-16(20(37)42)6-5-7-17(19)28)18-9-8-15(10-13(18)2)11-40-25(27(35,36)23(31)32)38-24(39-40)26(33,34)22(29)30/h5-10,14,22-23H,4,11-12H2,1-3H3,(H2,37,42)/t14-/m0/s1. The molecule has 0 fully saturated rings. The molecule has 0 bridgehead atoms. The predicted octanol–water partition coefficient (Wildman–Crippen LogP) is 6.89. The van der Waals surface area contributed by atoms with Crippen LogP contribution in [0, 0.1) is 6.92 Å². The molecule has 0 spiro atoms. The zero-order chi connectivity index (χ0) is 33.1. The monoisotopic (exact) mass is 671 g/mol. The third kappa shape index (κ3) is 7.11. The molecule has 0 saturated carbocycles. The van der Waals surface area contributed by atoms with E-state index in [4.69, 9.17) is 17.3 Å². The van der Waals surface area contributed by atoms with Crippen LogP contribution in [0.3, 0.4) is 0 Å². The fraction of sp³-hybridized carbons (Fsp3) is 0.407. The maximum atomic E-state index is 14.3. The number of aromatic nitrogens is 3. The van der Waals surface area contributed by atoms with Crippen LogP contribution >= 0.6 is 23.4 Å². The number of thioether (sulfide) groups is 1. The number of alkyl halides is 8. The summed E-state index contributed by atoms with van der Waals surface area (Å²) in [6.45, 7) is 4.32. The van der Waals surface area contributed by atoms with Crippen LogP contribution in [-0.2, 0) is 18.4 Å². The molecule has 2 amide bonds. The van der Waals surface area contributed by atoms with Gasteiger partial charge >= 0.3 is 24.7 Å². The van der Waals surface area contributed by atoms with Crippen LogP contribution in [-0.4, -0.2) is 57.0 Å². The van der Waals surface area contributed by atoms with E-state index in [1.165, 1.54) is 60.0 Å². The van der Waals surface area contributed by atoms with Gasteiger partial charge in [-0.1, -0.05) is 36.7 Å². The van der Waals surface area contributed by atoms with Gasteiger partial charge in [0.15, 0.2) is 0 Å². The summed E-state index contributed by atoms with van der Waals surface area (Å²) >= 11 is 7.81. The molecular formula is C27H26ClF8N5O2S. The van der Waals surface area contributed by atoms with E-state index in [0.29, 0.717) is 17.1 Å². The van der Waals surface area contributed by atoms with Crippen LogP contribution < -0.4 is 10.6 Å². The van der Waals surface area contributed by atoms with Crippen molar-refractivity contribution < 1.29 is 44.7 Å². The Morgan fingerprint density at radius 2 is 1.70 bits per heavy atom. The number of primary amides is 1. The van der Waals surface area contributed by atoms with Gasteiger partial charge in [0.25, 0.3) is 5.91 Å². The van der Waals surface area contributed by atoms with E-state index in [0.717, 1.165) is 0 Å². The van der Waals surface area contributed by atoms with E-state index in [-0.39, 0.29) is 32.1 Å². The summed E-state index contributed by atoms with van der Waals surface area (Å²) in [4.78, 5) is 30.0. The van der Waals surface area contributed by atoms with Gasteiger partial charge in [-0.15, -0.1) is 5.10 Å². The van der Waals surface area contributed by atoms with E-state index >= 15 is 0 Å². The number of hydrogen-bond donors (Lipinski definition) is 1. The average Bonchev–Trinajstić information content (AvgIpc) is 3.38. The van der Waals surface area contributed by atoms with Crippen molar-refractivity contribution in [2.45, 2.75) is 58.1 Å². The number of nitrogens with two attached hydrogens (primary N) is 1. The van der Waals surface area contributed by atoms with Crippen molar-refractivity contribution in [3.63, 3.8) is 0 Å². The van der Waals surface area contributed by atoms with Gasteiger partial charge in [0, 0.05) is 17.5 Å². The van der Waals surface area contributed by atoms with E-state index in [1.807, 2.05) is 6.92 Å². The topological polar surface area (TPSA) is 94.1 Å². The fourth-order valence-corrected chi connectivity index (χ4v) is 5.25. The fourth-order valence-electron chi connectivity index (χ4n) is 4.27. The van der Waals surface area contributed by atoms with Crippen molar-refractivity contribution in [2.75, 3.05) is 16.4 Å². The number of hydrogen-bond acceptors (Lipinski definition) is 5. The molecule has 3 aromatic rings. The van der Waals surface area contributed by atoms with Gasteiger partial charge in [-0.2, -0.15) is 29.3 Å². The van der Waals surface area contributed by atoms with Gasteiger partial charge in [0.2, 0.25) is 17.6 Å². The second-order valence-corrected chi connectivity index (χ2v) is 11.3. The number of carbonyl (C=O) groups is 2. The number of benzene rings is 2. The van der Waals surface area contributed by atoms with Gasteiger partial charge < -0.3 is 10.6 Å². The molecule has 0 radical (unpaired) electrons. The molecular weight excluding hydrogens is 646 g/mol. The first-order valence-electron chi connectivity index (χ1n) is 12.8. The summed E-state index contributed by atoms with van der Waals surface area (Å²) in [5.74, 6) is -14.6. The van der Waals surface area contributed by atoms with Crippen LogP contribution in [0.4, 0.5) is 40.8 Å². The summed E-state index contributed by atoms with van der Waals surface area (Å²) in [5.41, 5.74) is 5.84. The highest BCUT2D eigenvalue weighted by atomic mass is 35.5. The van der Waals surface area contributed by atoms with E-state index in [1.54, 1.807) is 6.92 Å². The lowest BCUT2D eigenvalue weighted by Crippen LogP contribution is -2.42. The molecule has 44 heavy (non-hydrogen) atoms. The summed E-state index contributed by atoms with van der Waals surface area (Å²) in [6, 6.07) is 7.68. The first-order valence-corrected chi connectivity index (χ1v) is 14.3. The molecule has 3 rings (SSSR count). The minimum atomic E-state index is -5.10. The SMILES string of the molecule is CCSC[C@H](C)N(C(=O)c1c(Cl)cccc1C(N)=O)c1ccc(Cn2nc(C(F)(F)C(F)F)nc2C(F)(F)C(F)F)cc1C. The van der Waals surface area contributed by atoms with Crippen molar-refractivity contribution in [3.05, 3.63) is 75.3 Å². The van der Waals surface area contributed by atoms with Gasteiger partial charge in [-0.25, -0.2) is 27.2 Å². The lowest BCUT2D eigenvalue weighted by atomic mass is 10.0. The van der Waals surface area contributed by atoms with Crippen molar-refractivity contribution >= 4 is 40.9 Å². The van der Waals surface area contributed by atoms with Crippen molar-refractivity contribution in [1.29, 1.82) is 0 Å². The summed E-state index contributed by atoms with van der Waals surface area (Å²) in [7, 11) is 0. The third-order valence-corrected chi connectivity index (χ3v) is 7.83. The predicted molar refractivity (Wildman–Crippen MR) is 149 cm³/mol. The Labute approximate surface area is 255 Å². The molecule has 0 aliphatic heterocycles. The van der Waals surface area contributed by atoms with Gasteiger partial charge in [-0.3, -0.25) is 9.59 Å². The Hall–Kier alpha value is -3.40. The third-order valence-electron chi connectivity index (χ3n) is 6.38. The lowest BCUT2D eigenvalue weighted by Gasteiger charge is -2.31. The molecule has 0 aliphatic carbocycles. The molecule has 1 atom stereocenters. The number of halogens is 9. The van der Waals surface area contributed by atoms with Crippen LogP contribution in [0.1, 0.15) is 57.3 Å². The highest BCUT2D eigenvalue weighted by Gasteiger charge is 2.52. The molecule has 1 aromatic heterocycles. The minimum absolute atomic E-state index is 0.0124. The number of anilines is 1. The maximum absolute atomic E-state index is 14.3. The first kappa shape index (κ1) is 35.1. The normalized spacial score (nSPS) is 13.0. The molecule has 240 valence electrons. The largest absolute Gasteiger partial charge is 0.367 e. The second kappa shape index (κ2) is 13.7. The molecule has 7 nitrogen and oxygen atoms in total. The zero-order valence-electron chi connectivity index (χ0n) is 23.3. The summed E-state index contributed by atoms with van der Waals surface area (Å²) in [6.07, 6.45) is -8.79. The number of nitrogens with zero attached hydrogens (tertiary/aromatic N) is 4. The number of aryl methyl sites for hydroxylation is 1. The molecule has 2 N–H and O–H groups in total. The Balaban J connectivity index is 2.11. The zero-order valence-corrected chi connectivity index (χ0v) is 24.9. The summed E-state index contributed by atoms with van der Waals surface area (Å²) in [5, 5.41) is 2.99. The molecule has 17 heteroatoms. The van der Waals surface area contributed by atoms with Crippen LogP contribution in [0.15, 0.2) is 36.4 Å². The van der Waals surface area contributed by atoms with E-state index < -0.39 is 60.7 Å². The number of carbonyl (C=O) groups excluding carboxylic acids is 2. The van der Waals surface area contributed by atoms with Crippen molar-refractivity contribution in [1.82, 2.24) is 14.8 Å². The Kier molecular flexibility index (Phi) is 10.9. The van der Waals surface area contributed by atoms with Crippen LogP contribution in [0.5, 0.6) is 0 Å². The number of rotatable bonds is 13. The summed E-state index contributed by atoms with van der Waals surface area (Å²) < 4.78 is 108.